The summed E-state index contributed by atoms with van der Waals surface area (Å²) in [5.41, 5.74) is 0. The van der Waals surface area contributed by atoms with Crippen LogP contribution < -0.4 is 5.32 Å². The van der Waals surface area contributed by atoms with E-state index in [1.165, 1.54) is 106 Å². The van der Waals surface area contributed by atoms with Crippen LogP contribution in [0.5, 0.6) is 0 Å². The third-order valence-electron chi connectivity index (χ3n) is 3.66. The lowest BCUT2D eigenvalue weighted by atomic mass is 10.1. The Morgan fingerprint density at radius 3 is 1.56 bits per heavy atom. The summed E-state index contributed by atoms with van der Waals surface area (Å²) in [4.78, 5) is 0. The Morgan fingerprint density at radius 2 is 1.06 bits per heavy atom. The minimum Gasteiger partial charge on any atom is -0.317 e. The Kier molecular flexibility index (Phi) is 17.3. The van der Waals surface area contributed by atoms with Crippen molar-refractivity contribution in [2.24, 2.45) is 0 Å². The smallest absolute Gasteiger partial charge is 0.00286 e. The normalized spacial score (nSPS) is 11.2. The van der Waals surface area contributed by atoms with E-state index in [9.17, 15) is 0 Å². The predicted octanol–water partition coefficient (Wildman–Crippen LogP) is 4.06. The quantitative estimate of drug-likeness (QED) is 0.350. The molecule has 0 aliphatic rings. The van der Waals surface area contributed by atoms with Gasteiger partial charge in [0.1, 0.15) is 0 Å². The Balaban J connectivity index is 2.86. The molecule has 0 bridgehead atoms. The first-order valence-corrected chi connectivity index (χ1v) is 10.0. The number of hydrogen-bond donors (Lipinski definition) is 1. The van der Waals surface area contributed by atoms with Crippen LogP contribution in [-0.2, 0) is 0 Å². The van der Waals surface area contributed by atoms with E-state index in [-0.39, 0.29) is 0 Å². The number of unbranched alkanes of at least 4 members (excludes halogenated alkanes) is 10. The molecule has 0 atom stereocenters. The molecule has 0 aromatic heterocycles. The van der Waals surface area contributed by atoms with Crippen molar-refractivity contribution >= 4 is 10.2 Å². The minimum atomic E-state index is 1.25. The standard InChI is InChI=1S/C16H37NSi/c1-2-3-4-5-6-7-8-9-10-11-12-14-17-15-13-16-18/h17H,2-16H2,1,18H3. The van der Waals surface area contributed by atoms with E-state index in [1.807, 2.05) is 0 Å². The van der Waals surface area contributed by atoms with Gasteiger partial charge in [0, 0.05) is 10.2 Å². The van der Waals surface area contributed by atoms with Gasteiger partial charge in [-0.25, -0.2) is 0 Å². The van der Waals surface area contributed by atoms with Crippen LogP contribution in [0, 0.1) is 0 Å². The van der Waals surface area contributed by atoms with Crippen molar-refractivity contribution in [1.82, 2.24) is 5.32 Å². The van der Waals surface area contributed by atoms with Gasteiger partial charge in [0.05, 0.1) is 0 Å². The lowest BCUT2D eigenvalue weighted by molar-refractivity contribution is 0.539. The molecule has 0 radical (unpaired) electrons. The van der Waals surface area contributed by atoms with Crippen molar-refractivity contribution in [2.75, 3.05) is 13.1 Å². The summed E-state index contributed by atoms with van der Waals surface area (Å²) < 4.78 is 0. The molecule has 0 spiro atoms. The highest BCUT2D eigenvalue weighted by Crippen LogP contribution is 2.10. The summed E-state index contributed by atoms with van der Waals surface area (Å²) >= 11 is 0. The second-order valence-electron chi connectivity index (χ2n) is 5.64. The lowest BCUT2D eigenvalue weighted by Crippen LogP contribution is -2.16. The number of rotatable bonds is 15. The molecule has 0 aliphatic heterocycles. The van der Waals surface area contributed by atoms with Gasteiger partial charge in [-0.05, 0) is 25.9 Å². The average molecular weight is 272 g/mol. The highest BCUT2D eigenvalue weighted by molar-refractivity contribution is 6.08. The van der Waals surface area contributed by atoms with Crippen LogP contribution in [0.4, 0.5) is 0 Å². The van der Waals surface area contributed by atoms with Crippen LogP contribution in [-0.4, -0.2) is 23.3 Å². The van der Waals surface area contributed by atoms with Gasteiger partial charge in [0.15, 0.2) is 0 Å². The van der Waals surface area contributed by atoms with Crippen molar-refractivity contribution in [3.63, 3.8) is 0 Å². The predicted molar refractivity (Wildman–Crippen MR) is 88.7 cm³/mol. The molecule has 0 rings (SSSR count). The van der Waals surface area contributed by atoms with Crippen LogP contribution in [0.25, 0.3) is 0 Å². The molecule has 0 aromatic carbocycles. The molecular formula is C16H37NSi. The maximum atomic E-state index is 3.54. The van der Waals surface area contributed by atoms with E-state index < -0.39 is 0 Å². The van der Waals surface area contributed by atoms with Crippen LogP contribution in [0.1, 0.15) is 84.0 Å². The molecule has 0 heterocycles. The summed E-state index contributed by atoms with van der Waals surface area (Å²) in [6.45, 7) is 4.79. The molecule has 0 fully saturated rings. The Labute approximate surface area is 119 Å². The molecule has 2 heteroatoms. The molecule has 0 unspecified atom stereocenters. The molecule has 0 amide bonds. The zero-order valence-corrected chi connectivity index (χ0v) is 15.1. The fourth-order valence-corrected chi connectivity index (χ4v) is 2.69. The van der Waals surface area contributed by atoms with Crippen LogP contribution >= 0.6 is 0 Å². The van der Waals surface area contributed by atoms with Gasteiger partial charge in [0.25, 0.3) is 0 Å². The largest absolute Gasteiger partial charge is 0.317 e. The molecule has 0 aromatic rings. The summed E-state index contributed by atoms with van der Waals surface area (Å²) in [6, 6.07) is 1.45. The minimum absolute atomic E-state index is 1.25. The molecule has 110 valence electrons. The molecule has 1 N–H and O–H groups in total. The zero-order chi connectivity index (χ0) is 13.3. The van der Waals surface area contributed by atoms with Crippen molar-refractivity contribution in [2.45, 2.75) is 90.0 Å². The average Bonchev–Trinajstić information content (AvgIpc) is 2.39. The Bertz CT molecular complexity index is 123. The van der Waals surface area contributed by atoms with Gasteiger partial charge < -0.3 is 5.32 Å². The Hall–Kier alpha value is 0.177. The second-order valence-corrected chi connectivity index (χ2v) is 6.64. The Morgan fingerprint density at radius 1 is 0.611 bits per heavy atom. The highest BCUT2D eigenvalue weighted by Gasteiger charge is 1.93. The van der Waals surface area contributed by atoms with Crippen molar-refractivity contribution in [1.29, 1.82) is 0 Å². The molecular weight excluding hydrogens is 234 g/mol. The molecule has 0 aliphatic carbocycles. The van der Waals surface area contributed by atoms with Gasteiger partial charge in [-0.3, -0.25) is 0 Å². The fourth-order valence-electron chi connectivity index (χ4n) is 2.34. The van der Waals surface area contributed by atoms with Crippen LogP contribution in [0.2, 0.25) is 6.04 Å². The summed E-state index contributed by atoms with van der Waals surface area (Å²) in [5.74, 6) is 0. The van der Waals surface area contributed by atoms with E-state index >= 15 is 0 Å². The molecule has 18 heavy (non-hydrogen) atoms. The van der Waals surface area contributed by atoms with E-state index in [1.54, 1.807) is 0 Å². The van der Waals surface area contributed by atoms with E-state index in [0.29, 0.717) is 0 Å². The second kappa shape index (κ2) is 17.2. The monoisotopic (exact) mass is 271 g/mol. The summed E-state index contributed by atoms with van der Waals surface area (Å²) in [6.07, 6.45) is 17.3. The van der Waals surface area contributed by atoms with E-state index in [0.717, 1.165) is 0 Å². The lowest BCUT2D eigenvalue weighted by Gasteiger charge is -2.04. The first-order chi connectivity index (χ1) is 8.91. The SMILES string of the molecule is CCCCCCCCCCCCCNCCC[SiH3]. The third kappa shape index (κ3) is 16.2. The van der Waals surface area contributed by atoms with Crippen molar-refractivity contribution in [3.05, 3.63) is 0 Å². The highest BCUT2D eigenvalue weighted by atomic mass is 28.1. The fraction of sp³-hybridized carbons (Fsp3) is 1.00. The molecule has 1 nitrogen and oxygen atoms in total. The topological polar surface area (TPSA) is 12.0 Å². The van der Waals surface area contributed by atoms with Crippen molar-refractivity contribution in [3.8, 4) is 0 Å². The van der Waals surface area contributed by atoms with Gasteiger partial charge in [-0.2, -0.15) is 0 Å². The van der Waals surface area contributed by atoms with Gasteiger partial charge in [-0.1, -0.05) is 77.2 Å². The van der Waals surface area contributed by atoms with E-state index in [2.05, 4.69) is 12.2 Å². The van der Waals surface area contributed by atoms with Crippen LogP contribution in [0.15, 0.2) is 0 Å². The summed E-state index contributed by atoms with van der Waals surface area (Å²) in [5, 5.41) is 3.54. The maximum absolute atomic E-state index is 3.54. The zero-order valence-electron chi connectivity index (χ0n) is 13.1. The van der Waals surface area contributed by atoms with Gasteiger partial charge in [0.2, 0.25) is 0 Å². The molecule has 0 saturated carbocycles. The maximum Gasteiger partial charge on any atom is 0.00286 e. The summed E-state index contributed by atoms with van der Waals surface area (Å²) in [7, 11) is 1.37. The van der Waals surface area contributed by atoms with Crippen molar-refractivity contribution < 1.29 is 0 Å². The number of hydrogen-bond acceptors (Lipinski definition) is 1. The van der Waals surface area contributed by atoms with Gasteiger partial charge in [-0.15, -0.1) is 0 Å². The molecule has 0 saturated heterocycles. The first kappa shape index (κ1) is 18.2. The van der Waals surface area contributed by atoms with Crippen LogP contribution in [0.3, 0.4) is 0 Å². The number of nitrogens with one attached hydrogen (secondary N) is 1. The van der Waals surface area contributed by atoms with E-state index in [4.69, 9.17) is 0 Å². The van der Waals surface area contributed by atoms with Gasteiger partial charge >= 0.3 is 0 Å². The third-order valence-corrected chi connectivity index (χ3v) is 4.37. The first-order valence-electron chi connectivity index (χ1n) is 8.62.